The molecule has 1 aliphatic heterocycles. The molecular formula is C59H97NO10. The van der Waals surface area contributed by atoms with E-state index in [9.17, 15) is 35.1 Å². The van der Waals surface area contributed by atoms with Crippen molar-refractivity contribution >= 4 is 11.9 Å². The minimum Gasteiger partial charge on any atom is -0.454 e. The van der Waals surface area contributed by atoms with Crippen LogP contribution in [0.4, 0.5) is 0 Å². The molecule has 0 spiro atoms. The molecule has 1 heterocycles. The van der Waals surface area contributed by atoms with Crippen LogP contribution in [0, 0.1) is 0 Å². The van der Waals surface area contributed by atoms with Crippen molar-refractivity contribution in [2.24, 2.45) is 0 Å². The number of hydrogen-bond donors (Lipinski definition) is 6. The van der Waals surface area contributed by atoms with Gasteiger partial charge < -0.3 is 45.1 Å². The molecule has 0 aromatic carbocycles. The van der Waals surface area contributed by atoms with E-state index in [1.165, 1.54) is 44.9 Å². The van der Waals surface area contributed by atoms with E-state index in [4.69, 9.17) is 14.2 Å². The molecule has 8 atom stereocenters. The fraction of sp³-hybridized carbons (Fsp3) is 0.661. The van der Waals surface area contributed by atoms with Crippen LogP contribution < -0.4 is 5.32 Å². The first-order valence-electron chi connectivity index (χ1n) is 27.3. The highest BCUT2D eigenvalue weighted by atomic mass is 16.7. The lowest BCUT2D eigenvalue weighted by atomic mass is 9.99. The average Bonchev–Trinajstić information content (AvgIpc) is 3.36. The number of carbonyl (C=O) groups excluding carboxylic acids is 2. The van der Waals surface area contributed by atoms with Gasteiger partial charge in [0.2, 0.25) is 5.91 Å². The molecule has 0 saturated carbocycles. The van der Waals surface area contributed by atoms with Gasteiger partial charge in [-0.25, -0.2) is 0 Å². The van der Waals surface area contributed by atoms with Gasteiger partial charge in [-0.05, 0) is 64.2 Å². The number of aliphatic hydroxyl groups is 5. The van der Waals surface area contributed by atoms with Crippen LogP contribution in [0.5, 0.6) is 0 Å². The molecule has 1 fully saturated rings. The van der Waals surface area contributed by atoms with Crippen molar-refractivity contribution in [3.05, 3.63) is 109 Å². The van der Waals surface area contributed by atoms with Crippen LogP contribution in [0.25, 0.3) is 0 Å². The van der Waals surface area contributed by atoms with E-state index in [1.54, 1.807) is 6.08 Å². The molecule has 398 valence electrons. The Hall–Kier alpha value is -3.68. The predicted octanol–water partition coefficient (Wildman–Crippen LogP) is 11.8. The summed E-state index contributed by atoms with van der Waals surface area (Å²) in [5.41, 5.74) is 0. The van der Waals surface area contributed by atoms with Crippen molar-refractivity contribution in [1.29, 1.82) is 0 Å². The number of ether oxygens (including phenoxy) is 3. The summed E-state index contributed by atoms with van der Waals surface area (Å²) in [7, 11) is 0. The third kappa shape index (κ3) is 34.6. The van der Waals surface area contributed by atoms with Crippen LogP contribution >= 0.6 is 0 Å². The number of nitrogens with one attached hydrogen (secondary N) is 1. The lowest BCUT2D eigenvalue weighted by Crippen LogP contribution is -2.61. The van der Waals surface area contributed by atoms with Gasteiger partial charge in [0.05, 0.1) is 25.4 Å². The maximum absolute atomic E-state index is 13.3. The highest BCUT2D eigenvalue weighted by Gasteiger charge is 2.47. The molecule has 70 heavy (non-hydrogen) atoms. The quantitative estimate of drug-likeness (QED) is 0.0149. The molecule has 6 N–H and O–H groups in total. The number of aliphatic hydroxyl groups excluding tert-OH is 5. The van der Waals surface area contributed by atoms with E-state index in [-0.39, 0.29) is 19.4 Å². The number of allylic oxidation sites excluding steroid dienone is 17. The van der Waals surface area contributed by atoms with Crippen molar-refractivity contribution in [1.82, 2.24) is 5.32 Å². The molecule has 1 rings (SSSR count). The Bertz CT molecular complexity index is 1550. The maximum atomic E-state index is 13.3. The van der Waals surface area contributed by atoms with Gasteiger partial charge in [-0.1, -0.05) is 226 Å². The molecule has 11 heteroatoms. The van der Waals surface area contributed by atoms with Gasteiger partial charge in [0.15, 0.2) is 12.4 Å². The van der Waals surface area contributed by atoms with Crippen LogP contribution in [0.15, 0.2) is 109 Å². The molecule has 0 aliphatic carbocycles. The minimum absolute atomic E-state index is 0.0667. The van der Waals surface area contributed by atoms with E-state index in [2.05, 4.69) is 62.5 Å². The Morgan fingerprint density at radius 1 is 0.571 bits per heavy atom. The zero-order chi connectivity index (χ0) is 51.1. The molecule has 11 nitrogen and oxygen atoms in total. The summed E-state index contributed by atoms with van der Waals surface area (Å²) in [6.45, 7) is 5.44. The van der Waals surface area contributed by atoms with Crippen LogP contribution in [-0.2, 0) is 23.8 Å². The monoisotopic (exact) mass is 980 g/mol. The third-order valence-corrected chi connectivity index (χ3v) is 12.1. The lowest BCUT2D eigenvalue weighted by molar-refractivity contribution is -0.305. The minimum atomic E-state index is -1.64. The summed E-state index contributed by atoms with van der Waals surface area (Å²) in [5, 5.41) is 56.7. The summed E-state index contributed by atoms with van der Waals surface area (Å²) in [6, 6.07) is -1.05. The highest BCUT2D eigenvalue weighted by Crippen LogP contribution is 2.26. The van der Waals surface area contributed by atoms with Crippen molar-refractivity contribution < 1.29 is 49.3 Å². The first-order chi connectivity index (χ1) is 34.2. The number of unbranched alkanes of at least 4 members (excludes halogenated alkanes) is 19. The van der Waals surface area contributed by atoms with Gasteiger partial charge in [0, 0.05) is 6.42 Å². The van der Waals surface area contributed by atoms with E-state index in [0.29, 0.717) is 12.8 Å². The van der Waals surface area contributed by atoms with Crippen molar-refractivity contribution in [2.75, 3.05) is 13.2 Å². The molecule has 8 unspecified atom stereocenters. The standard InChI is InChI=1S/C59H97NO10/c1-4-7-10-13-16-19-22-25-27-29-32-35-38-41-44-47-54(64)70-57-56(66)55(65)53(48-61)69-59(57)68-49-50(51(62)45-42-39-36-33-30-24-21-18-15-12-9-6-3)60-58(67)52(63)46-43-40-37-34-31-28-26-23-20-17-14-11-8-5-2/h7-8,10-11,13-14,16-17,19-20,22-23,25,27,29,32,42,45,50-53,55-57,59,61-63,65-66H,4-6,9,12,15,18,21,24,26,28,30-31,33-41,43-44,46-49H2,1-3H3,(H,60,67)/b10-7+,11-8+,16-13+,17-14+,22-19-,23-20+,27-25-,32-29+,45-42+. The van der Waals surface area contributed by atoms with Crippen molar-refractivity contribution in [2.45, 2.75) is 237 Å². The molecule has 0 radical (unpaired) electrons. The van der Waals surface area contributed by atoms with Crippen molar-refractivity contribution in [3.8, 4) is 0 Å². The van der Waals surface area contributed by atoms with Crippen LogP contribution in [0.2, 0.25) is 0 Å². The second-order valence-electron chi connectivity index (χ2n) is 18.4. The molecule has 0 bridgehead atoms. The molecule has 0 aromatic rings. The molecule has 1 saturated heterocycles. The number of esters is 1. The molecule has 1 aliphatic rings. The van der Waals surface area contributed by atoms with Gasteiger partial charge >= 0.3 is 5.97 Å². The predicted molar refractivity (Wildman–Crippen MR) is 287 cm³/mol. The Balaban J connectivity index is 2.81. The Morgan fingerprint density at radius 2 is 1.03 bits per heavy atom. The summed E-state index contributed by atoms with van der Waals surface area (Å²) < 4.78 is 17.5. The maximum Gasteiger partial charge on any atom is 0.306 e. The summed E-state index contributed by atoms with van der Waals surface area (Å²) in [6.07, 6.45) is 51.3. The van der Waals surface area contributed by atoms with E-state index in [0.717, 1.165) is 96.3 Å². The van der Waals surface area contributed by atoms with Gasteiger partial charge in [0.25, 0.3) is 0 Å². The average molecular weight is 980 g/mol. The molecular weight excluding hydrogens is 883 g/mol. The first kappa shape index (κ1) is 64.3. The zero-order valence-corrected chi connectivity index (χ0v) is 43.6. The first-order valence-corrected chi connectivity index (χ1v) is 27.3. The lowest BCUT2D eigenvalue weighted by Gasteiger charge is -2.41. The third-order valence-electron chi connectivity index (χ3n) is 12.1. The summed E-state index contributed by atoms with van der Waals surface area (Å²) in [4.78, 5) is 26.4. The summed E-state index contributed by atoms with van der Waals surface area (Å²) >= 11 is 0. The number of rotatable bonds is 43. The molecule has 0 aromatic heterocycles. The Morgan fingerprint density at radius 3 is 1.54 bits per heavy atom. The number of hydrogen-bond acceptors (Lipinski definition) is 10. The van der Waals surface area contributed by atoms with Gasteiger partial charge in [-0.15, -0.1) is 0 Å². The fourth-order valence-corrected chi connectivity index (χ4v) is 7.79. The highest BCUT2D eigenvalue weighted by molar-refractivity contribution is 5.80. The Labute approximate surface area is 424 Å². The summed E-state index contributed by atoms with van der Waals surface area (Å²) in [5.74, 6) is -1.26. The number of amides is 1. The second-order valence-corrected chi connectivity index (χ2v) is 18.4. The smallest absolute Gasteiger partial charge is 0.306 e. The SMILES string of the molecule is CC/C=C/C=C/C=C\C=C/C=C/CCCCCC(=O)OC1C(OCC(NC(=O)C(O)CCCCCCCC/C=C/C=C/C=C/CC)C(O)/C=C/CCCCCCCCCCCC)OC(CO)C(O)C1O. The van der Waals surface area contributed by atoms with Gasteiger partial charge in [-0.2, -0.15) is 0 Å². The number of carbonyl (C=O) groups is 2. The van der Waals surface area contributed by atoms with E-state index >= 15 is 0 Å². The van der Waals surface area contributed by atoms with E-state index < -0.39 is 67.4 Å². The van der Waals surface area contributed by atoms with Gasteiger partial charge in [0.1, 0.15) is 24.4 Å². The van der Waals surface area contributed by atoms with Crippen LogP contribution in [0.1, 0.15) is 188 Å². The van der Waals surface area contributed by atoms with Crippen LogP contribution in [0.3, 0.4) is 0 Å². The van der Waals surface area contributed by atoms with Gasteiger partial charge in [-0.3, -0.25) is 9.59 Å². The van der Waals surface area contributed by atoms with Crippen LogP contribution in [-0.4, -0.2) is 99.6 Å². The molecule has 1 amide bonds. The zero-order valence-electron chi connectivity index (χ0n) is 43.6. The second kappa shape index (κ2) is 46.4. The normalized spacial score (nSPS) is 20.6. The van der Waals surface area contributed by atoms with Crippen molar-refractivity contribution in [3.63, 3.8) is 0 Å². The van der Waals surface area contributed by atoms with E-state index in [1.807, 2.05) is 66.8 Å². The topological polar surface area (TPSA) is 175 Å². The fourth-order valence-electron chi connectivity index (χ4n) is 7.79. The Kier molecular flexibility index (Phi) is 42.6. The largest absolute Gasteiger partial charge is 0.454 e.